The Hall–Kier alpha value is -2.87. The van der Waals surface area contributed by atoms with Crippen LogP contribution in [0.5, 0.6) is 0 Å². The highest BCUT2D eigenvalue weighted by molar-refractivity contribution is 7.90. The number of anilines is 2. The smallest absolute Gasteiger partial charge is 0.243 e. The molecule has 0 spiro atoms. The fraction of sp³-hybridized carbons (Fsp3) is 0.263. The van der Waals surface area contributed by atoms with Crippen LogP contribution >= 0.6 is 0 Å². The van der Waals surface area contributed by atoms with Crippen LogP contribution in [-0.2, 0) is 25.8 Å². The van der Waals surface area contributed by atoms with Crippen molar-refractivity contribution >= 4 is 33.0 Å². The molecule has 0 aliphatic heterocycles. The summed E-state index contributed by atoms with van der Waals surface area (Å²) in [5.41, 5.74) is 2.03. The van der Waals surface area contributed by atoms with E-state index in [1.165, 1.54) is 29.2 Å². The van der Waals surface area contributed by atoms with Crippen LogP contribution in [0.4, 0.5) is 11.4 Å². The summed E-state index contributed by atoms with van der Waals surface area (Å²) in [6.07, 6.45) is 1.37. The topological polar surface area (TPSA) is 95.6 Å². The monoisotopic (exact) mass is 389 g/mol. The van der Waals surface area contributed by atoms with E-state index in [1.807, 2.05) is 24.3 Å². The third-order valence-corrected chi connectivity index (χ3v) is 4.99. The minimum absolute atomic E-state index is 0.0149. The lowest BCUT2D eigenvalue weighted by Crippen LogP contribution is -2.25. The van der Waals surface area contributed by atoms with E-state index in [9.17, 15) is 18.0 Å². The number of rotatable bonds is 7. The molecule has 0 saturated heterocycles. The van der Waals surface area contributed by atoms with E-state index >= 15 is 0 Å². The summed E-state index contributed by atoms with van der Waals surface area (Å²) in [6, 6.07) is 13.3. The summed E-state index contributed by atoms with van der Waals surface area (Å²) >= 11 is 0. The number of hydrogen-bond donors (Lipinski definition) is 2. The van der Waals surface area contributed by atoms with E-state index in [0.717, 1.165) is 17.5 Å². The zero-order valence-electron chi connectivity index (χ0n) is 15.5. The number of likely N-dealkylation sites (N-methyl/N-ethyl adjacent to an activating group) is 1. The maximum absolute atomic E-state index is 12.1. The molecule has 7 nitrogen and oxygen atoms in total. The van der Waals surface area contributed by atoms with Crippen molar-refractivity contribution in [3.63, 3.8) is 0 Å². The van der Waals surface area contributed by atoms with Crippen LogP contribution < -0.4 is 10.6 Å². The molecule has 144 valence electrons. The molecule has 2 aromatic carbocycles. The van der Waals surface area contributed by atoms with Crippen molar-refractivity contribution in [3.05, 3.63) is 54.1 Å². The fourth-order valence-corrected chi connectivity index (χ4v) is 2.96. The third kappa shape index (κ3) is 6.10. The number of carbonyl (C=O) groups is 2. The SMILES string of the molecule is CN(C)C(=O)Cc1ccccc1NCC(=O)Nc1ccc(S(C)(=O)=O)cc1. The molecule has 0 radical (unpaired) electrons. The summed E-state index contributed by atoms with van der Waals surface area (Å²) in [4.78, 5) is 25.8. The van der Waals surface area contributed by atoms with E-state index in [1.54, 1.807) is 14.1 Å². The number of nitrogens with one attached hydrogen (secondary N) is 2. The highest BCUT2D eigenvalue weighted by Gasteiger charge is 2.11. The van der Waals surface area contributed by atoms with Gasteiger partial charge in [-0.15, -0.1) is 0 Å². The molecule has 0 fully saturated rings. The van der Waals surface area contributed by atoms with E-state index in [4.69, 9.17) is 0 Å². The molecule has 2 rings (SSSR count). The van der Waals surface area contributed by atoms with Gasteiger partial charge in [-0.25, -0.2) is 8.42 Å². The van der Waals surface area contributed by atoms with Gasteiger partial charge < -0.3 is 15.5 Å². The van der Waals surface area contributed by atoms with Crippen LogP contribution in [-0.4, -0.2) is 52.0 Å². The molecule has 0 aliphatic carbocycles. The Balaban J connectivity index is 1.97. The van der Waals surface area contributed by atoms with Gasteiger partial charge in [-0.3, -0.25) is 9.59 Å². The Morgan fingerprint density at radius 3 is 2.22 bits per heavy atom. The van der Waals surface area contributed by atoms with Gasteiger partial charge in [0.15, 0.2) is 9.84 Å². The highest BCUT2D eigenvalue weighted by atomic mass is 32.2. The zero-order valence-corrected chi connectivity index (χ0v) is 16.3. The number of sulfone groups is 1. The summed E-state index contributed by atoms with van der Waals surface area (Å²) in [5.74, 6) is -0.310. The van der Waals surface area contributed by atoms with Gasteiger partial charge in [-0.05, 0) is 35.9 Å². The first-order chi connectivity index (χ1) is 12.7. The molecular weight excluding hydrogens is 366 g/mol. The number of nitrogens with zero attached hydrogens (tertiary/aromatic N) is 1. The Bertz CT molecular complexity index is 922. The van der Waals surface area contributed by atoms with E-state index in [0.29, 0.717) is 5.69 Å². The van der Waals surface area contributed by atoms with Gasteiger partial charge in [0.1, 0.15) is 0 Å². The maximum atomic E-state index is 12.1. The van der Waals surface area contributed by atoms with Gasteiger partial charge >= 0.3 is 0 Å². The Morgan fingerprint density at radius 2 is 1.63 bits per heavy atom. The fourth-order valence-electron chi connectivity index (χ4n) is 2.33. The number of para-hydroxylation sites is 1. The van der Waals surface area contributed by atoms with Crippen molar-refractivity contribution in [1.29, 1.82) is 0 Å². The van der Waals surface area contributed by atoms with Crippen molar-refractivity contribution < 1.29 is 18.0 Å². The normalized spacial score (nSPS) is 10.9. The van der Waals surface area contributed by atoms with Crippen molar-refractivity contribution in [3.8, 4) is 0 Å². The molecular formula is C19H23N3O4S. The van der Waals surface area contributed by atoms with E-state index in [2.05, 4.69) is 10.6 Å². The van der Waals surface area contributed by atoms with E-state index in [-0.39, 0.29) is 29.7 Å². The molecule has 2 N–H and O–H groups in total. The highest BCUT2D eigenvalue weighted by Crippen LogP contribution is 2.17. The molecule has 0 aliphatic rings. The molecule has 27 heavy (non-hydrogen) atoms. The van der Waals surface area contributed by atoms with Crippen molar-refractivity contribution in [2.24, 2.45) is 0 Å². The molecule has 2 amide bonds. The van der Waals surface area contributed by atoms with Gasteiger partial charge in [0, 0.05) is 31.7 Å². The van der Waals surface area contributed by atoms with Crippen LogP contribution in [0.25, 0.3) is 0 Å². The lowest BCUT2D eigenvalue weighted by Gasteiger charge is -2.14. The molecule has 0 aromatic heterocycles. The first kappa shape index (κ1) is 20.4. The third-order valence-electron chi connectivity index (χ3n) is 3.86. The summed E-state index contributed by atoms with van der Waals surface area (Å²) < 4.78 is 22.9. The van der Waals surface area contributed by atoms with Crippen molar-refractivity contribution in [2.45, 2.75) is 11.3 Å². The van der Waals surface area contributed by atoms with Crippen LogP contribution in [0.2, 0.25) is 0 Å². The molecule has 0 atom stereocenters. The van der Waals surface area contributed by atoms with Gasteiger partial charge in [0.2, 0.25) is 11.8 Å². The summed E-state index contributed by atoms with van der Waals surface area (Å²) in [7, 11) is 0.119. The van der Waals surface area contributed by atoms with Gasteiger partial charge in [0.25, 0.3) is 0 Å². The predicted molar refractivity (Wildman–Crippen MR) is 106 cm³/mol. The summed E-state index contributed by atoms with van der Waals surface area (Å²) in [5, 5.41) is 5.73. The minimum atomic E-state index is -3.27. The first-order valence-electron chi connectivity index (χ1n) is 8.28. The van der Waals surface area contributed by atoms with Gasteiger partial charge in [-0.1, -0.05) is 18.2 Å². The second-order valence-corrected chi connectivity index (χ2v) is 8.34. The quantitative estimate of drug-likeness (QED) is 0.752. The van der Waals surface area contributed by atoms with Crippen LogP contribution in [0, 0.1) is 0 Å². The standard InChI is InChI=1S/C19H23N3O4S/c1-22(2)19(24)12-14-6-4-5-7-17(14)20-13-18(23)21-15-8-10-16(11-9-15)27(3,25)26/h4-11,20H,12-13H2,1-3H3,(H,21,23). The van der Waals surface area contributed by atoms with Crippen molar-refractivity contribution in [1.82, 2.24) is 4.90 Å². The Labute approximate surface area is 159 Å². The van der Waals surface area contributed by atoms with Gasteiger partial charge in [0.05, 0.1) is 17.9 Å². The number of benzene rings is 2. The largest absolute Gasteiger partial charge is 0.376 e. The minimum Gasteiger partial charge on any atom is -0.376 e. The second-order valence-electron chi connectivity index (χ2n) is 6.32. The second kappa shape index (κ2) is 8.68. The molecule has 0 unspecified atom stereocenters. The zero-order chi connectivity index (χ0) is 20.0. The average Bonchev–Trinajstić information content (AvgIpc) is 2.60. The lowest BCUT2D eigenvalue weighted by molar-refractivity contribution is -0.127. The lowest BCUT2D eigenvalue weighted by atomic mass is 10.1. The maximum Gasteiger partial charge on any atom is 0.243 e. The number of hydrogen-bond acceptors (Lipinski definition) is 5. The van der Waals surface area contributed by atoms with Crippen molar-refractivity contribution in [2.75, 3.05) is 37.5 Å². The Morgan fingerprint density at radius 1 is 1.00 bits per heavy atom. The van der Waals surface area contributed by atoms with Crippen LogP contribution in [0.3, 0.4) is 0 Å². The number of carbonyl (C=O) groups excluding carboxylic acids is 2. The van der Waals surface area contributed by atoms with Crippen LogP contribution in [0.1, 0.15) is 5.56 Å². The average molecular weight is 389 g/mol. The van der Waals surface area contributed by atoms with E-state index < -0.39 is 9.84 Å². The molecule has 0 heterocycles. The predicted octanol–water partition coefficient (Wildman–Crippen LogP) is 1.77. The first-order valence-corrected chi connectivity index (χ1v) is 10.2. The Kier molecular flexibility index (Phi) is 6.57. The molecule has 2 aromatic rings. The number of amides is 2. The van der Waals surface area contributed by atoms with Gasteiger partial charge in [-0.2, -0.15) is 0 Å². The molecule has 0 saturated carbocycles. The molecule has 0 bridgehead atoms. The molecule has 8 heteroatoms. The summed E-state index contributed by atoms with van der Waals surface area (Å²) in [6.45, 7) is 0.0149. The van der Waals surface area contributed by atoms with Crippen LogP contribution in [0.15, 0.2) is 53.4 Å².